The van der Waals surface area contributed by atoms with Gasteiger partial charge in [0.1, 0.15) is 11.6 Å². The average Bonchev–Trinajstić information content (AvgIpc) is 3.38. The Labute approximate surface area is 170 Å². The molecule has 0 amide bonds. The Kier molecular flexibility index (Phi) is 7.19. The molecule has 0 radical (unpaired) electrons. The summed E-state index contributed by atoms with van der Waals surface area (Å²) >= 11 is 1.72. The van der Waals surface area contributed by atoms with E-state index in [0.29, 0.717) is 5.92 Å². The lowest BCUT2D eigenvalue weighted by atomic mass is 9.97. The number of nitrogens with zero attached hydrogens (tertiary/aromatic N) is 4. The first-order valence-corrected chi connectivity index (χ1v) is 10.5. The minimum absolute atomic E-state index is 0. The Morgan fingerprint density at radius 2 is 2.00 bits per heavy atom. The topological polar surface area (TPSA) is 78.0 Å². The molecule has 150 valence electrons. The van der Waals surface area contributed by atoms with E-state index in [1.807, 2.05) is 13.8 Å². The lowest BCUT2D eigenvalue weighted by Crippen LogP contribution is -2.29. The van der Waals surface area contributed by atoms with Gasteiger partial charge in [0.15, 0.2) is 5.16 Å². The van der Waals surface area contributed by atoms with Gasteiger partial charge in [-0.1, -0.05) is 16.9 Å². The lowest BCUT2D eigenvalue weighted by molar-refractivity contribution is 0.0936. The molecule has 0 aliphatic carbocycles. The minimum Gasteiger partial charge on any atom is -0.376 e. The summed E-state index contributed by atoms with van der Waals surface area (Å²) in [6.07, 6.45) is 4.80. The van der Waals surface area contributed by atoms with E-state index in [2.05, 4.69) is 25.2 Å². The van der Waals surface area contributed by atoms with E-state index in [9.17, 15) is 0 Å². The molecule has 2 aliphatic rings. The van der Waals surface area contributed by atoms with Gasteiger partial charge in [0, 0.05) is 23.8 Å². The predicted molar refractivity (Wildman–Crippen MR) is 107 cm³/mol. The zero-order valence-corrected chi connectivity index (χ0v) is 17.6. The van der Waals surface area contributed by atoms with Gasteiger partial charge in [-0.2, -0.15) is 0 Å². The van der Waals surface area contributed by atoms with Crippen LogP contribution >= 0.6 is 24.2 Å². The van der Waals surface area contributed by atoms with Crippen molar-refractivity contribution in [1.29, 1.82) is 0 Å². The smallest absolute Gasteiger partial charge is 0.191 e. The van der Waals surface area contributed by atoms with E-state index in [0.717, 1.165) is 85.7 Å². The number of piperidine rings is 1. The van der Waals surface area contributed by atoms with Crippen molar-refractivity contribution in [3.8, 4) is 0 Å². The number of aromatic nitrogens is 4. The van der Waals surface area contributed by atoms with Crippen molar-refractivity contribution in [2.45, 2.75) is 69.0 Å². The van der Waals surface area contributed by atoms with E-state index < -0.39 is 0 Å². The highest BCUT2D eigenvalue weighted by Crippen LogP contribution is 2.31. The number of rotatable bonds is 6. The summed E-state index contributed by atoms with van der Waals surface area (Å²) < 4.78 is 13.5. The zero-order chi connectivity index (χ0) is 17.9. The van der Waals surface area contributed by atoms with Crippen LogP contribution in [0.3, 0.4) is 0 Å². The molecule has 0 saturated carbocycles. The van der Waals surface area contributed by atoms with Crippen molar-refractivity contribution < 1.29 is 9.26 Å². The summed E-state index contributed by atoms with van der Waals surface area (Å²) in [5, 5.41) is 17.6. The second kappa shape index (κ2) is 9.41. The van der Waals surface area contributed by atoms with Crippen molar-refractivity contribution in [1.82, 2.24) is 25.2 Å². The van der Waals surface area contributed by atoms with Crippen molar-refractivity contribution >= 4 is 24.2 Å². The van der Waals surface area contributed by atoms with Crippen LogP contribution in [0.5, 0.6) is 0 Å². The van der Waals surface area contributed by atoms with Gasteiger partial charge < -0.3 is 19.1 Å². The number of nitrogens with one attached hydrogen (secondary N) is 1. The fraction of sp³-hybridized carbons (Fsp3) is 0.722. The van der Waals surface area contributed by atoms with Crippen LogP contribution in [-0.2, 0) is 17.0 Å². The second-order valence-corrected chi connectivity index (χ2v) is 8.14. The van der Waals surface area contributed by atoms with Crippen LogP contribution < -0.4 is 5.32 Å². The molecule has 4 heterocycles. The Morgan fingerprint density at radius 3 is 2.67 bits per heavy atom. The molecule has 2 fully saturated rings. The standard InChI is InChI=1S/C18H27N5O2S.ClH/c1-12-16(13(2)25-22-12)11-26-18-21-20-17(14-5-7-19-8-6-14)23(18)10-15-4-3-9-24-15;/h14-15,19H,3-11H2,1-2H3;1H. The third kappa shape index (κ3) is 4.67. The Bertz CT molecular complexity index is 719. The monoisotopic (exact) mass is 413 g/mol. The number of thioether (sulfide) groups is 1. The van der Waals surface area contributed by atoms with Gasteiger partial charge in [0.05, 0.1) is 18.3 Å². The molecule has 27 heavy (non-hydrogen) atoms. The van der Waals surface area contributed by atoms with Gasteiger partial charge in [-0.25, -0.2) is 0 Å². The second-order valence-electron chi connectivity index (χ2n) is 7.20. The highest BCUT2D eigenvalue weighted by Gasteiger charge is 2.26. The normalized spacial score (nSPS) is 20.7. The van der Waals surface area contributed by atoms with E-state index in [1.54, 1.807) is 11.8 Å². The lowest BCUT2D eigenvalue weighted by Gasteiger charge is -2.23. The quantitative estimate of drug-likeness (QED) is 0.728. The molecule has 0 aromatic carbocycles. The number of halogens is 1. The molecule has 9 heteroatoms. The summed E-state index contributed by atoms with van der Waals surface area (Å²) in [5.74, 6) is 3.30. The molecule has 1 unspecified atom stereocenters. The Hall–Kier alpha value is -1.09. The van der Waals surface area contributed by atoms with E-state index >= 15 is 0 Å². The predicted octanol–water partition coefficient (Wildman–Crippen LogP) is 3.24. The van der Waals surface area contributed by atoms with E-state index in [4.69, 9.17) is 9.26 Å². The number of hydrogen-bond acceptors (Lipinski definition) is 7. The van der Waals surface area contributed by atoms with Crippen molar-refractivity contribution in [3.05, 3.63) is 22.8 Å². The van der Waals surface area contributed by atoms with Gasteiger partial charge in [0.2, 0.25) is 0 Å². The van der Waals surface area contributed by atoms with Gasteiger partial charge in [-0.3, -0.25) is 0 Å². The molecule has 2 aliphatic heterocycles. The molecule has 4 rings (SSSR count). The molecular formula is C18H28ClN5O2S. The van der Waals surface area contributed by atoms with Crippen molar-refractivity contribution in [2.75, 3.05) is 19.7 Å². The van der Waals surface area contributed by atoms with Crippen LogP contribution in [0.1, 0.15) is 54.4 Å². The first kappa shape index (κ1) is 20.6. The Morgan fingerprint density at radius 1 is 1.19 bits per heavy atom. The SMILES string of the molecule is Cc1noc(C)c1CSc1nnc(C2CCNCC2)n1CC1CCCO1.Cl. The fourth-order valence-corrected chi connectivity index (χ4v) is 4.91. The molecule has 2 saturated heterocycles. The fourth-order valence-electron chi connectivity index (χ4n) is 3.80. The van der Waals surface area contributed by atoms with Crippen LogP contribution in [0, 0.1) is 13.8 Å². The molecule has 1 atom stereocenters. The van der Waals surface area contributed by atoms with Gasteiger partial charge in [-0.15, -0.1) is 22.6 Å². The number of ether oxygens (including phenoxy) is 1. The van der Waals surface area contributed by atoms with Crippen LogP contribution in [0.15, 0.2) is 9.68 Å². The van der Waals surface area contributed by atoms with Crippen molar-refractivity contribution in [3.63, 3.8) is 0 Å². The van der Waals surface area contributed by atoms with Gasteiger partial charge in [0.25, 0.3) is 0 Å². The van der Waals surface area contributed by atoms with Gasteiger partial charge in [-0.05, 0) is 52.6 Å². The van der Waals surface area contributed by atoms with Crippen LogP contribution in [0.4, 0.5) is 0 Å². The van der Waals surface area contributed by atoms with Crippen molar-refractivity contribution in [2.24, 2.45) is 0 Å². The zero-order valence-electron chi connectivity index (χ0n) is 15.9. The number of hydrogen-bond donors (Lipinski definition) is 1. The maximum atomic E-state index is 5.89. The summed E-state index contributed by atoms with van der Waals surface area (Å²) in [6.45, 7) is 7.79. The van der Waals surface area contributed by atoms with Crippen LogP contribution in [0.25, 0.3) is 0 Å². The van der Waals surface area contributed by atoms with E-state index in [-0.39, 0.29) is 18.5 Å². The minimum atomic E-state index is 0. The highest BCUT2D eigenvalue weighted by atomic mass is 35.5. The van der Waals surface area contributed by atoms with Gasteiger partial charge >= 0.3 is 0 Å². The highest BCUT2D eigenvalue weighted by molar-refractivity contribution is 7.98. The summed E-state index contributed by atoms with van der Waals surface area (Å²) in [5.41, 5.74) is 2.11. The maximum absolute atomic E-state index is 5.89. The maximum Gasteiger partial charge on any atom is 0.191 e. The summed E-state index contributed by atoms with van der Waals surface area (Å²) in [4.78, 5) is 0. The molecule has 2 aromatic heterocycles. The van der Waals surface area contributed by atoms with E-state index in [1.165, 1.54) is 0 Å². The summed E-state index contributed by atoms with van der Waals surface area (Å²) in [7, 11) is 0. The molecule has 7 nitrogen and oxygen atoms in total. The van der Waals surface area contributed by atoms with Crippen LogP contribution in [0.2, 0.25) is 0 Å². The third-order valence-corrected chi connectivity index (χ3v) is 6.38. The van der Waals surface area contributed by atoms with Crippen LogP contribution in [-0.4, -0.2) is 45.7 Å². The number of aryl methyl sites for hydroxylation is 2. The average molecular weight is 414 g/mol. The molecular weight excluding hydrogens is 386 g/mol. The summed E-state index contributed by atoms with van der Waals surface area (Å²) in [6, 6.07) is 0. The molecule has 1 N–H and O–H groups in total. The largest absolute Gasteiger partial charge is 0.376 e. The first-order valence-electron chi connectivity index (χ1n) is 9.52. The Balaban J connectivity index is 0.00000210. The first-order chi connectivity index (χ1) is 12.7. The third-order valence-electron chi connectivity index (χ3n) is 5.39. The molecule has 0 spiro atoms. The molecule has 2 aromatic rings. The molecule has 0 bridgehead atoms.